The number of methoxy groups -OCH3 is 2. The minimum Gasteiger partial charge on any atom is -0.497 e. The molecule has 2 aromatic carbocycles. The summed E-state index contributed by atoms with van der Waals surface area (Å²) in [6.45, 7) is 7.54. The third-order valence-corrected chi connectivity index (χ3v) is 5.75. The van der Waals surface area contributed by atoms with Crippen LogP contribution in [-0.4, -0.2) is 48.4 Å². The van der Waals surface area contributed by atoms with Gasteiger partial charge >= 0.3 is 0 Å². The molecule has 0 aliphatic carbocycles. The highest BCUT2D eigenvalue weighted by Crippen LogP contribution is 2.45. The smallest absolute Gasteiger partial charge is 0.273 e. The summed E-state index contributed by atoms with van der Waals surface area (Å²) in [6.07, 6.45) is 0.911. The fourth-order valence-electron chi connectivity index (χ4n) is 4.28. The van der Waals surface area contributed by atoms with Gasteiger partial charge in [0.25, 0.3) is 5.91 Å². The molecule has 174 valence electrons. The van der Waals surface area contributed by atoms with Gasteiger partial charge in [-0.1, -0.05) is 26.8 Å². The zero-order chi connectivity index (χ0) is 23.5. The van der Waals surface area contributed by atoms with Crippen LogP contribution in [0, 0.1) is 5.92 Å². The number of amides is 1. The molecular weight excluding hydrogens is 418 g/mol. The Hall–Kier alpha value is -3.48. The number of aromatic amines is 1. The molecule has 0 saturated carbocycles. The summed E-state index contributed by atoms with van der Waals surface area (Å²) in [5.41, 5.74) is 4.07. The Bertz CT molecular complexity index is 1120. The van der Waals surface area contributed by atoms with Gasteiger partial charge in [0.1, 0.15) is 11.4 Å². The largest absolute Gasteiger partial charge is 0.497 e. The van der Waals surface area contributed by atoms with Crippen molar-refractivity contribution in [3.63, 3.8) is 0 Å². The third-order valence-electron chi connectivity index (χ3n) is 5.75. The lowest BCUT2D eigenvalue weighted by molar-refractivity contribution is 0.0722. The molecule has 1 aliphatic rings. The quantitative estimate of drug-likeness (QED) is 0.493. The highest BCUT2D eigenvalue weighted by atomic mass is 16.5. The van der Waals surface area contributed by atoms with Crippen LogP contribution in [0.25, 0.3) is 11.3 Å². The summed E-state index contributed by atoms with van der Waals surface area (Å²) in [6, 6.07) is 13.4. The molecule has 7 nitrogen and oxygen atoms in total. The monoisotopic (exact) mass is 449 g/mol. The van der Waals surface area contributed by atoms with Gasteiger partial charge in [0.05, 0.1) is 32.6 Å². The maximum Gasteiger partial charge on any atom is 0.273 e. The van der Waals surface area contributed by atoms with Gasteiger partial charge in [-0.25, -0.2) is 0 Å². The SMILES string of the molecule is CCCOc1ccc(C2c3c(-c4ccc(OC)cc4)n[nH]c3C(=O)N2CC(C)C)cc1OC. The van der Waals surface area contributed by atoms with Gasteiger partial charge in [-0.15, -0.1) is 0 Å². The molecule has 1 N–H and O–H groups in total. The van der Waals surface area contributed by atoms with Crippen molar-refractivity contribution < 1.29 is 19.0 Å². The lowest BCUT2D eigenvalue weighted by atomic mass is 9.95. The van der Waals surface area contributed by atoms with Crippen LogP contribution in [0.15, 0.2) is 42.5 Å². The lowest BCUT2D eigenvalue weighted by Crippen LogP contribution is -2.32. The van der Waals surface area contributed by atoms with Crippen LogP contribution >= 0.6 is 0 Å². The van der Waals surface area contributed by atoms with Crippen molar-refractivity contribution in [3.05, 3.63) is 59.3 Å². The number of rotatable bonds is 9. The number of benzene rings is 2. The van der Waals surface area contributed by atoms with Crippen molar-refractivity contribution in [3.8, 4) is 28.5 Å². The Labute approximate surface area is 194 Å². The molecule has 1 unspecified atom stereocenters. The van der Waals surface area contributed by atoms with E-state index < -0.39 is 0 Å². The fourth-order valence-corrected chi connectivity index (χ4v) is 4.28. The second kappa shape index (κ2) is 9.57. The van der Waals surface area contributed by atoms with Gasteiger partial charge in [-0.2, -0.15) is 5.10 Å². The number of H-pyrrole nitrogens is 1. The van der Waals surface area contributed by atoms with Crippen LogP contribution < -0.4 is 14.2 Å². The maximum atomic E-state index is 13.4. The maximum absolute atomic E-state index is 13.4. The molecule has 2 heterocycles. The number of nitrogens with zero attached hydrogens (tertiary/aromatic N) is 2. The first-order valence-electron chi connectivity index (χ1n) is 11.3. The van der Waals surface area contributed by atoms with E-state index in [0.29, 0.717) is 36.3 Å². The van der Waals surface area contributed by atoms with E-state index in [-0.39, 0.29) is 11.9 Å². The van der Waals surface area contributed by atoms with Gasteiger partial charge in [-0.3, -0.25) is 9.89 Å². The second-order valence-electron chi connectivity index (χ2n) is 8.60. The van der Waals surface area contributed by atoms with Gasteiger partial charge in [0.2, 0.25) is 0 Å². The zero-order valence-corrected chi connectivity index (χ0v) is 19.8. The predicted molar refractivity (Wildman–Crippen MR) is 127 cm³/mol. The summed E-state index contributed by atoms with van der Waals surface area (Å²) < 4.78 is 16.8. The normalized spacial score (nSPS) is 15.2. The molecule has 7 heteroatoms. The van der Waals surface area contributed by atoms with Crippen molar-refractivity contribution in [2.75, 3.05) is 27.4 Å². The van der Waals surface area contributed by atoms with Crippen LogP contribution in [0.3, 0.4) is 0 Å². The molecule has 1 atom stereocenters. The Kier molecular flexibility index (Phi) is 6.58. The van der Waals surface area contributed by atoms with E-state index in [1.54, 1.807) is 14.2 Å². The van der Waals surface area contributed by atoms with Crippen LogP contribution in [0.4, 0.5) is 0 Å². The number of carbonyl (C=O) groups is 1. The molecule has 0 saturated heterocycles. The van der Waals surface area contributed by atoms with E-state index in [1.807, 2.05) is 47.4 Å². The molecule has 0 spiro atoms. The molecule has 0 radical (unpaired) electrons. The summed E-state index contributed by atoms with van der Waals surface area (Å²) in [5.74, 6) is 2.40. The van der Waals surface area contributed by atoms with Crippen molar-refractivity contribution in [1.29, 1.82) is 0 Å². The van der Waals surface area contributed by atoms with Crippen molar-refractivity contribution in [2.45, 2.75) is 33.2 Å². The molecule has 0 fully saturated rings. The van der Waals surface area contributed by atoms with Crippen LogP contribution in [-0.2, 0) is 0 Å². The minimum atomic E-state index is -0.278. The molecule has 1 aromatic heterocycles. The minimum absolute atomic E-state index is 0.0405. The van der Waals surface area contributed by atoms with Crippen LogP contribution in [0.1, 0.15) is 54.8 Å². The average molecular weight is 450 g/mol. The van der Waals surface area contributed by atoms with E-state index in [1.165, 1.54) is 0 Å². The van der Waals surface area contributed by atoms with Crippen molar-refractivity contribution in [1.82, 2.24) is 15.1 Å². The number of fused-ring (bicyclic) bond motifs is 1. The summed E-state index contributed by atoms with van der Waals surface area (Å²) in [7, 11) is 3.27. The molecule has 3 aromatic rings. The molecule has 1 aliphatic heterocycles. The van der Waals surface area contributed by atoms with Gasteiger partial charge < -0.3 is 19.1 Å². The van der Waals surface area contributed by atoms with Gasteiger partial charge in [0, 0.05) is 17.7 Å². The van der Waals surface area contributed by atoms with Crippen molar-refractivity contribution >= 4 is 5.91 Å². The Balaban J connectivity index is 1.82. The first-order chi connectivity index (χ1) is 16.0. The molecule has 33 heavy (non-hydrogen) atoms. The summed E-state index contributed by atoms with van der Waals surface area (Å²) >= 11 is 0. The van der Waals surface area contributed by atoms with E-state index in [9.17, 15) is 4.79 Å². The number of ether oxygens (including phenoxy) is 3. The highest BCUT2D eigenvalue weighted by molar-refractivity contribution is 6.00. The zero-order valence-electron chi connectivity index (χ0n) is 19.8. The first-order valence-corrected chi connectivity index (χ1v) is 11.3. The summed E-state index contributed by atoms with van der Waals surface area (Å²) in [4.78, 5) is 15.3. The first kappa shape index (κ1) is 22.7. The van der Waals surface area contributed by atoms with E-state index in [2.05, 4.69) is 31.0 Å². The Morgan fingerprint density at radius 1 is 1.06 bits per heavy atom. The lowest BCUT2D eigenvalue weighted by Gasteiger charge is -2.28. The Morgan fingerprint density at radius 3 is 2.45 bits per heavy atom. The highest BCUT2D eigenvalue weighted by Gasteiger charge is 2.42. The average Bonchev–Trinajstić information content (AvgIpc) is 3.36. The molecule has 1 amide bonds. The molecule has 4 rings (SSSR count). The number of hydrogen-bond donors (Lipinski definition) is 1. The number of hydrogen-bond acceptors (Lipinski definition) is 5. The van der Waals surface area contributed by atoms with E-state index in [0.717, 1.165) is 34.6 Å². The van der Waals surface area contributed by atoms with Gasteiger partial charge in [-0.05, 0) is 54.3 Å². The van der Waals surface area contributed by atoms with Crippen molar-refractivity contribution in [2.24, 2.45) is 5.92 Å². The second-order valence-corrected chi connectivity index (χ2v) is 8.60. The topological polar surface area (TPSA) is 76.7 Å². The number of aromatic nitrogens is 2. The molecule has 0 bridgehead atoms. The predicted octanol–water partition coefficient (Wildman–Crippen LogP) is 5.08. The van der Waals surface area contributed by atoms with Crippen LogP contribution in [0.5, 0.6) is 17.2 Å². The Morgan fingerprint density at radius 2 is 1.82 bits per heavy atom. The summed E-state index contributed by atoms with van der Waals surface area (Å²) in [5, 5.41) is 7.54. The third kappa shape index (κ3) is 4.27. The standard InChI is InChI=1S/C26H31N3O4/c1-6-13-33-20-12-9-18(14-21(20)32-5)25-22-23(17-7-10-19(31-4)11-8-17)27-28-24(22)26(30)29(25)15-16(2)3/h7-12,14,16,25H,6,13,15H2,1-5H3,(H,27,28). The fraction of sp³-hybridized carbons (Fsp3) is 0.385. The number of carbonyl (C=O) groups excluding carboxylic acids is 1. The van der Waals surface area contributed by atoms with Crippen LogP contribution in [0.2, 0.25) is 0 Å². The van der Waals surface area contributed by atoms with E-state index >= 15 is 0 Å². The number of nitrogens with one attached hydrogen (secondary N) is 1. The molecular formula is C26H31N3O4. The van der Waals surface area contributed by atoms with E-state index in [4.69, 9.17) is 14.2 Å². The van der Waals surface area contributed by atoms with Gasteiger partial charge in [0.15, 0.2) is 11.5 Å².